The summed E-state index contributed by atoms with van der Waals surface area (Å²) in [6, 6.07) is 8.54. The topological polar surface area (TPSA) is 101 Å². The van der Waals surface area contributed by atoms with Crippen LogP contribution in [0.25, 0.3) is 0 Å². The molecule has 0 bridgehead atoms. The summed E-state index contributed by atoms with van der Waals surface area (Å²) in [6.07, 6.45) is 1.49. The lowest BCUT2D eigenvalue weighted by Gasteiger charge is -2.23. The Balaban J connectivity index is 1.68. The Morgan fingerprint density at radius 3 is 2.74 bits per heavy atom. The first kappa shape index (κ1) is 25.9. The number of fused-ring (bicyclic) bond motifs is 1. The van der Waals surface area contributed by atoms with E-state index in [0.29, 0.717) is 41.4 Å². The summed E-state index contributed by atoms with van der Waals surface area (Å²) in [4.78, 5) is 49.0. The number of nitrogens with two attached hydrogens (primary N) is 1. The molecule has 182 valence electrons. The van der Waals surface area contributed by atoms with E-state index in [2.05, 4.69) is 11.8 Å². The Bertz CT molecular complexity index is 1220. The lowest BCUT2D eigenvalue weighted by molar-refractivity contribution is -0.125. The molecule has 35 heavy (non-hydrogen) atoms. The van der Waals surface area contributed by atoms with Crippen molar-refractivity contribution in [2.75, 3.05) is 7.05 Å². The lowest BCUT2D eigenvalue weighted by atomic mass is 10.0. The van der Waals surface area contributed by atoms with Crippen LogP contribution >= 0.6 is 12.3 Å². The van der Waals surface area contributed by atoms with Gasteiger partial charge in [0.1, 0.15) is 12.1 Å². The molecule has 0 aromatic heterocycles. The number of rotatable bonds is 9. The number of halogens is 2. The standard InChI is InChI=1S/C25H23F2N3O4S/c1-29(35-27)23(32)12-10-18(15-31)30-14-21-17(7-4-8-19(21)25(30)34)6-3-2-5-16-9-11-20(24(28)33)22(26)13-16/h4,7-9,11,13,15,18H,2,5,10,12,14H2,1H3,(H2,28,33). The predicted octanol–water partition coefficient (Wildman–Crippen LogP) is 3.20. The Hall–Kier alpha value is -3.71. The summed E-state index contributed by atoms with van der Waals surface area (Å²) in [6.45, 7) is 0.171. The number of primary amides is 1. The molecule has 2 aromatic carbocycles. The Labute approximate surface area is 206 Å². The molecular formula is C25H23F2N3O4S. The van der Waals surface area contributed by atoms with Crippen LogP contribution in [0, 0.1) is 17.7 Å². The maximum Gasteiger partial charge on any atom is 0.255 e. The average Bonchev–Trinajstić information content (AvgIpc) is 3.18. The van der Waals surface area contributed by atoms with E-state index >= 15 is 0 Å². The Kier molecular flexibility index (Phi) is 8.60. The number of benzene rings is 2. The number of hydrogen-bond donors (Lipinski definition) is 1. The van der Waals surface area contributed by atoms with E-state index in [-0.39, 0.29) is 43.2 Å². The molecule has 0 spiro atoms. The highest BCUT2D eigenvalue weighted by molar-refractivity contribution is 7.92. The number of aryl methyl sites for hydroxylation is 1. The summed E-state index contributed by atoms with van der Waals surface area (Å²) >= 11 is -0.210. The molecule has 1 heterocycles. The molecule has 7 nitrogen and oxygen atoms in total. The summed E-state index contributed by atoms with van der Waals surface area (Å²) in [5, 5.41) is 0. The van der Waals surface area contributed by atoms with Gasteiger partial charge in [-0.05, 0) is 48.2 Å². The van der Waals surface area contributed by atoms with Crippen LogP contribution in [-0.2, 0) is 22.6 Å². The quantitative estimate of drug-likeness (QED) is 0.324. The van der Waals surface area contributed by atoms with E-state index in [1.807, 2.05) is 0 Å². The minimum atomic E-state index is -0.829. The van der Waals surface area contributed by atoms with Gasteiger partial charge < -0.3 is 15.4 Å². The van der Waals surface area contributed by atoms with Crippen molar-refractivity contribution in [2.45, 2.75) is 38.3 Å². The molecule has 0 saturated carbocycles. The van der Waals surface area contributed by atoms with Crippen molar-refractivity contribution in [1.29, 1.82) is 0 Å². The molecule has 3 amide bonds. The SMILES string of the molecule is CN(SF)C(=O)CCC(C=O)N1Cc2c(C#CCCc3ccc(C(N)=O)c(F)c3)cccc2C1=O. The van der Waals surface area contributed by atoms with Gasteiger partial charge in [-0.25, -0.2) is 4.39 Å². The molecule has 0 radical (unpaired) electrons. The molecule has 1 unspecified atom stereocenters. The molecule has 1 aliphatic heterocycles. The van der Waals surface area contributed by atoms with E-state index in [0.717, 1.165) is 4.31 Å². The summed E-state index contributed by atoms with van der Waals surface area (Å²) < 4.78 is 27.3. The predicted molar refractivity (Wildman–Crippen MR) is 127 cm³/mol. The maximum atomic E-state index is 13.9. The van der Waals surface area contributed by atoms with Crippen molar-refractivity contribution in [3.05, 3.63) is 70.0 Å². The fourth-order valence-electron chi connectivity index (χ4n) is 3.78. The monoisotopic (exact) mass is 499 g/mol. The van der Waals surface area contributed by atoms with Crippen LogP contribution in [-0.4, -0.2) is 46.3 Å². The van der Waals surface area contributed by atoms with E-state index in [1.165, 1.54) is 24.1 Å². The van der Waals surface area contributed by atoms with Crippen LogP contribution in [0.4, 0.5) is 8.28 Å². The second-order valence-electron chi connectivity index (χ2n) is 7.95. The second-order valence-corrected chi connectivity index (χ2v) is 8.63. The van der Waals surface area contributed by atoms with Gasteiger partial charge in [0.05, 0.1) is 11.6 Å². The number of aldehydes is 1. The molecule has 0 saturated heterocycles. The first-order valence-electron chi connectivity index (χ1n) is 10.8. The van der Waals surface area contributed by atoms with Gasteiger partial charge in [-0.3, -0.25) is 18.7 Å². The smallest absolute Gasteiger partial charge is 0.255 e. The van der Waals surface area contributed by atoms with E-state index < -0.39 is 23.7 Å². The second kappa shape index (κ2) is 11.6. The van der Waals surface area contributed by atoms with Crippen molar-refractivity contribution < 1.29 is 27.5 Å². The third-order valence-electron chi connectivity index (χ3n) is 5.72. The molecular weight excluding hydrogens is 476 g/mol. The zero-order chi connectivity index (χ0) is 25.5. The molecule has 1 atom stereocenters. The van der Waals surface area contributed by atoms with Crippen molar-refractivity contribution in [3.8, 4) is 11.8 Å². The van der Waals surface area contributed by atoms with Crippen LogP contribution in [0.2, 0.25) is 0 Å². The van der Waals surface area contributed by atoms with Gasteiger partial charge in [0.2, 0.25) is 5.91 Å². The van der Waals surface area contributed by atoms with Gasteiger partial charge >= 0.3 is 0 Å². The van der Waals surface area contributed by atoms with Crippen molar-refractivity contribution in [1.82, 2.24) is 9.21 Å². The lowest BCUT2D eigenvalue weighted by Crippen LogP contribution is -2.37. The largest absolute Gasteiger partial charge is 0.366 e. The molecule has 0 aliphatic carbocycles. The zero-order valence-corrected chi connectivity index (χ0v) is 19.7. The van der Waals surface area contributed by atoms with Gasteiger partial charge in [-0.15, -0.1) is 3.89 Å². The van der Waals surface area contributed by atoms with Gasteiger partial charge in [-0.1, -0.05) is 24.0 Å². The Morgan fingerprint density at radius 2 is 2.09 bits per heavy atom. The molecule has 10 heteroatoms. The van der Waals surface area contributed by atoms with E-state index in [9.17, 15) is 27.5 Å². The van der Waals surface area contributed by atoms with E-state index in [4.69, 9.17) is 5.73 Å². The van der Waals surface area contributed by atoms with Gasteiger partial charge in [-0.2, -0.15) is 0 Å². The third-order valence-corrected chi connectivity index (χ3v) is 6.13. The number of nitrogens with zero attached hydrogens (tertiary/aromatic N) is 2. The van der Waals surface area contributed by atoms with Crippen LogP contribution in [0.1, 0.15) is 56.7 Å². The first-order valence-corrected chi connectivity index (χ1v) is 11.4. The number of carbonyl (C=O) groups excluding carboxylic acids is 4. The molecule has 3 rings (SSSR count). The molecule has 1 aliphatic rings. The number of amides is 3. The summed E-state index contributed by atoms with van der Waals surface area (Å²) in [7, 11) is 1.29. The van der Waals surface area contributed by atoms with Crippen molar-refractivity contribution >= 4 is 36.3 Å². The molecule has 0 fully saturated rings. The van der Waals surface area contributed by atoms with Crippen LogP contribution < -0.4 is 5.73 Å². The van der Waals surface area contributed by atoms with Gasteiger partial charge in [0, 0.05) is 37.6 Å². The molecule has 2 N–H and O–H groups in total. The maximum absolute atomic E-state index is 13.9. The Morgan fingerprint density at radius 1 is 1.31 bits per heavy atom. The fourth-order valence-corrected chi connectivity index (χ4v) is 3.95. The first-order chi connectivity index (χ1) is 16.8. The number of carbonyl (C=O) groups is 4. The third kappa shape index (κ3) is 6.05. The fraction of sp³-hybridized carbons (Fsp3) is 0.280. The van der Waals surface area contributed by atoms with Gasteiger partial charge in [0.15, 0.2) is 12.3 Å². The van der Waals surface area contributed by atoms with Crippen LogP contribution in [0.15, 0.2) is 36.4 Å². The highest BCUT2D eigenvalue weighted by Crippen LogP contribution is 2.28. The van der Waals surface area contributed by atoms with E-state index in [1.54, 1.807) is 24.3 Å². The highest BCUT2D eigenvalue weighted by Gasteiger charge is 2.34. The summed E-state index contributed by atoms with van der Waals surface area (Å²) in [5.74, 6) is 3.74. The van der Waals surface area contributed by atoms with Crippen LogP contribution in [0.3, 0.4) is 0 Å². The normalized spacial score (nSPS) is 13.0. The minimum absolute atomic E-state index is 0.0787. The average molecular weight is 500 g/mol. The zero-order valence-electron chi connectivity index (χ0n) is 18.9. The van der Waals surface area contributed by atoms with Crippen LogP contribution in [0.5, 0.6) is 0 Å². The van der Waals surface area contributed by atoms with Crippen molar-refractivity contribution in [3.63, 3.8) is 0 Å². The molecule has 2 aromatic rings. The van der Waals surface area contributed by atoms with Gasteiger partial charge in [0.25, 0.3) is 11.8 Å². The highest BCUT2D eigenvalue weighted by atomic mass is 32.2. The number of hydrogen-bond acceptors (Lipinski definition) is 5. The minimum Gasteiger partial charge on any atom is -0.366 e. The summed E-state index contributed by atoms with van der Waals surface area (Å²) in [5.41, 5.74) is 7.39. The van der Waals surface area contributed by atoms with Crippen molar-refractivity contribution in [2.24, 2.45) is 5.73 Å².